The van der Waals surface area contributed by atoms with Gasteiger partial charge in [0.05, 0.1) is 23.4 Å². The van der Waals surface area contributed by atoms with E-state index in [4.69, 9.17) is 5.26 Å². The molecule has 0 bridgehead atoms. The van der Waals surface area contributed by atoms with Crippen molar-refractivity contribution in [3.63, 3.8) is 0 Å². The van der Waals surface area contributed by atoms with E-state index in [1.165, 1.54) is 0 Å². The second-order valence-electron chi connectivity index (χ2n) is 4.76. The number of likely N-dealkylation sites (tertiary alicyclic amines) is 1. The predicted molar refractivity (Wildman–Crippen MR) is 71.4 cm³/mol. The minimum atomic E-state index is -0.346. The number of benzene rings is 1. The van der Waals surface area contributed by atoms with Gasteiger partial charge in [0.2, 0.25) is 5.91 Å². The van der Waals surface area contributed by atoms with Gasteiger partial charge in [0.15, 0.2) is 0 Å². The summed E-state index contributed by atoms with van der Waals surface area (Å²) in [5, 5.41) is 21.2. The fourth-order valence-corrected chi connectivity index (χ4v) is 2.21. The van der Waals surface area contributed by atoms with Gasteiger partial charge in [0.1, 0.15) is 6.07 Å². The van der Waals surface area contributed by atoms with E-state index in [0.29, 0.717) is 24.2 Å². The number of carbonyl (C=O) groups excluding carboxylic acids is 1. The van der Waals surface area contributed by atoms with E-state index in [-0.39, 0.29) is 18.1 Å². The van der Waals surface area contributed by atoms with Crippen molar-refractivity contribution < 1.29 is 9.90 Å². The van der Waals surface area contributed by atoms with Crippen LogP contribution in [0.3, 0.4) is 0 Å². The van der Waals surface area contributed by atoms with Crippen LogP contribution >= 0.6 is 0 Å². The number of carbonyl (C=O) groups is 1. The molecule has 1 saturated heterocycles. The Hall–Kier alpha value is -1.90. The zero-order valence-electron chi connectivity index (χ0n) is 10.8. The van der Waals surface area contributed by atoms with E-state index in [0.717, 1.165) is 6.54 Å². The van der Waals surface area contributed by atoms with Crippen LogP contribution in [0.25, 0.3) is 0 Å². The SMILES string of the molecule is CC(C(=O)Nc1ccccc1C#N)N1CCC(O)C1. The summed E-state index contributed by atoms with van der Waals surface area (Å²) in [6, 6.07) is 8.65. The molecular weight excluding hydrogens is 242 g/mol. The van der Waals surface area contributed by atoms with Gasteiger partial charge in [-0.2, -0.15) is 5.26 Å². The Morgan fingerprint density at radius 2 is 2.32 bits per heavy atom. The Kier molecular flexibility index (Phi) is 4.15. The molecule has 0 radical (unpaired) electrons. The third-order valence-electron chi connectivity index (χ3n) is 3.43. The first-order valence-corrected chi connectivity index (χ1v) is 6.34. The summed E-state index contributed by atoms with van der Waals surface area (Å²) in [6.07, 6.45) is 0.355. The normalized spacial score (nSPS) is 20.8. The number of amides is 1. The van der Waals surface area contributed by atoms with Gasteiger partial charge in [-0.1, -0.05) is 12.1 Å². The number of nitrogens with one attached hydrogen (secondary N) is 1. The van der Waals surface area contributed by atoms with Crippen molar-refractivity contribution in [1.29, 1.82) is 5.26 Å². The smallest absolute Gasteiger partial charge is 0.241 e. The Labute approximate surface area is 112 Å². The third kappa shape index (κ3) is 3.11. The zero-order valence-corrected chi connectivity index (χ0v) is 10.8. The summed E-state index contributed by atoms with van der Waals surface area (Å²) in [6.45, 7) is 3.05. The number of β-amino-alcohol motifs (C(OH)–C–C–N with tert-alkyl or cyclic N) is 1. The van der Waals surface area contributed by atoms with Gasteiger partial charge in [-0.15, -0.1) is 0 Å². The lowest BCUT2D eigenvalue weighted by Gasteiger charge is -2.23. The topological polar surface area (TPSA) is 76.4 Å². The number of nitrogens with zero attached hydrogens (tertiary/aromatic N) is 2. The molecule has 0 aliphatic carbocycles. The van der Waals surface area contributed by atoms with Crippen LogP contribution < -0.4 is 5.32 Å². The van der Waals surface area contributed by atoms with E-state index >= 15 is 0 Å². The highest BCUT2D eigenvalue weighted by molar-refractivity contribution is 5.95. The summed E-state index contributed by atoms with van der Waals surface area (Å²) < 4.78 is 0. The Morgan fingerprint density at radius 3 is 2.95 bits per heavy atom. The molecular formula is C14H17N3O2. The van der Waals surface area contributed by atoms with Crippen LogP contribution in [0.5, 0.6) is 0 Å². The fraction of sp³-hybridized carbons (Fsp3) is 0.429. The van der Waals surface area contributed by atoms with Gasteiger partial charge >= 0.3 is 0 Å². The van der Waals surface area contributed by atoms with Crippen LogP contribution in [0, 0.1) is 11.3 Å². The van der Waals surface area contributed by atoms with Gasteiger partial charge < -0.3 is 10.4 Å². The molecule has 2 N–H and O–H groups in total. The van der Waals surface area contributed by atoms with Crippen LogP contribution in [0.2, 0.25) is 0 Å². The molecule has 5 nitrogen and oxygen atoms in total. The number of aliphatic hydroxyl groups is 1. The molecule has 1 aromatic rings. The minimum absolute atomic E-state index is 0.156. The van der Waals surface area contributed by atoms with E-state index in [9.17, 15) is 9.90 Å². The van der Waals surface area contributed by atoms with E-state index in [2.05, 4.69) is 5.32 Å². The standard InChI is InChI=1S/C14H17N3O2/c1-10(17-7-6-12(18)9-17)14(19)16-13-5-3-2-4-11(13)8-15/h2-5,10,12,18H,6-7,9H2,1H3,(H,16,19). The Balaban J connectivity index is 2.03. The molecule has 0 aromatic heterocycles. The number of hydrogen-bond donors (Lipinski definition) is 2. The lowest BCUT2D eigenvalue weighted by Crippen LogP contribution is -2.41. The molecule has 2 unspecified atom stereocenters. The summed E-state index contributed by atoms with van der Waals surface area (Å²) in [7, 11) is 0. The van der Waals surface area contributed by atoms with Crippen LogP contribution in [-0.4, -0.2) is 41.1 Å². The van der Waals surface area contributed by atoms with Crippen LogP contribution in [0.4, 0.5) is 5.69 Å². The number of rotatable bonds is 3. The summed E-state index contributed by atoms with van der Waals surface area (Å²) in [5.41, 5.74) is 0.978. The van der Waals surface area contributed by atoms with Crippen molar-refractivity contribution in [2.24, 2.45) is 0 Å². The maximum atomic E-state index is 12.1. The molecule has 0 saturated carbocycles. The molecule has 1 amide bonds. The van der Waals surface area contributed by atoms with Crippen molar-refractivity contribution in [2.45, 2.75) is 25.5 Å². The van der Waals surface area contributed by atoms with Crippen molar-refractivity contribution in [1.82, 2.24) is 4.90 Å². The number of nitriles is 1. The first-order chi connectivity index (χ1) is 9.11. The lowest BCUT2D eigenvalue weighted by atomic mass is 10.2. The monoisotopic (exact) mass is 259 g/mol. The average Bonchev–Trinajstić information content (AvgIpc) is 2.85. The molecule has 1 aromatic carbocycles. The van der Waals surface area contributed by atoms with Crippen molar-refractivity contribution >= 4 is 11.6 Å². The highest BCUT2D eigenvalue weighted by Crippen LogP contribution is 2.17. The largest absolute Gasteiger partial charge is 0.392 e. The summed E-state index contributed by atoms with van der Waals surface area (Å²) >= 11 is 0. The second-order valence-corrected chi connectivity index (χ2v) is 4.76. The molecule has 1 heterocycles. The summed E-state index contributed by atoms with van der Waals surface area (Å²) in [4.78, 5) is 14.1. The molecule has 1 aliphatic rings. The average molecular weight is 259 g/mol. The Morgan fingerprint density at radius 1 is 1.58 bits per heavy atom. The Bertz CT molecular complexity index is 510. The van der Waals surface area contributed by atoms with E-state index in [1.807, 2.05) is 17.9 Å². The van der Waals surface area contributed by atoms with E-state index in [1.54, 1.807) is 24.3 Å². The molecule has 100 valence electrons. The van der Waals surface area contributed by atoms with E-state index < -0.39 is 0 Å². The summed E-state index contributed by atoms with van der Waals surface area (Å²) in [5.74, 6) is -0.156. The maximum absolute atomic E-state index is 12.1. The first kappa shape index (κ1) is 13.5. The van der Waals surface area contributed by atoms with Crippen molar-refractivity contribution in [3.05, 3.63) is 29.8 Å². The van der Waals surface area contributed by atoms with Crippen LogP contribution in [0.1, 0.15) is 18.9 Å². The minimum Gasteiger partial charge on any atom is -0.392 e. The quantitative estimate of drug-likeness (QED) is 0.847. The zero-order chi connectivity index (χ0) is 13.8. The highest BCUT2D eigenvalue weighted by atomic mass is 16.3. The maximum Gasteiger partial charge on any atom is 0.241 e. The third-order valence-corrected chi connectivity index (χ3v) is 3.43. The van der Waals surface area contributed by atoms with Gasteiger partial charge in [-0.05, 0) is 25.5 Å². The molecule has 1 fully saturated rings. The number of anilines is 1. The first-order valence-electron chi connectivity index (χ1n) is 6.34. The van der Waals surface area contributed by atoms with Gasteiger partial charge in [0.25, 0.3) is 0 Å². The lowest BCUT2D eigenvalue weighted by molar-refractivity contribution is -0.120. The molecule has 2 atom stereocenters. The molecule has 5 heteroatoms. The van der Waals surface area contributed by atoms with Gasteiger partial charge in [-0.3, -0.25) is 9.69 Å². The molecule has 2 rings (SSSR count). The second kappa shape index (κ2) is 5.83. The number of aliphatic hydroxyl groups excluding tert-OH is 1. The van der Waals surface area contributed by atoms with Crippen molar-refractivity contribution in [2.75, 3.05) is 18.4 Å². The van der Waals surface area contributed by atoms with Gasteiger partial charge in [-0.25, -0.2) is 0 Å². The highest BCUT2D eigenvalue weighted by Gasteiger charge is 2.28. The van der Waals surface area contributed by atoms with Gasteiger partial charge in [0, 0.05) is 13.1 Å². The predicted octanol–water partition coefficient (Wildman–Crippen LogP) is 0.952. The number of para-hydroxylation sites is 1. The number of hydrogen-bond acceptors (Lipinski definition) is 4. The molecule has 0 spiro atoms. The molecule has 19 heavy (non-hydrogen) atoms. The fourth-order valence-electron chi connectivity index (χ4n) is 2.21. The van der Waals surface area contributed by atoms with Crippen LogP contribution in [0.15, 0.2) is 24.3 Å². The molecule has 1 aliphatic heterocycles. The van der Waals surface area contributed by atoms with Crippen LogP contribution in [-0.2, 0) is 4.79 Å². The van der Waals surface area contributed by atoms with Crippen molar-refractivity contribution in [3.8, 4) is 6.07 Å².